The molecule has 0 aromatic rings. The zero-order chi connectivity index (χ0) is 7.15. The third kappa shape index (κ3) is 863. The van der Waals surface area contributed by atoms with Crippen LogP contribution in [0.1, 0.15) is 13.8 Å². The van der Waals surface area contributed by atoms with Crippen LogP contribution >= 0.6 is 0 Å². The van der Waals surface area contributed by atoms with Gasteiger partial charge >= 0.3 is 16.8 Å². The fourth-order valence-electron chi connectivity index (χ4n) is 0. The standard InChI is InChI=1S/2C2H4O2.Co.H2O/c2*1-2(3)4;;/h2*1H3,(H,3,4);;1H2/q;;+2;/p-2. The number of carboxylic acid groups (broad SMARTS) is 2. The van der Waals surface area contributed by atoms with Gasteiger partial charge in [0.2, 0.25) is 0 Å². The second-order valence-corrected chi connectivity index (χ2v) is 0.983. The molecule has 0 atom stereocenters. The predicted octanol–water partition coefficient (Wildman–Crippen LogP) is -3.31. The third-order valence-corrected chi connectivity index (χ3v) is 0. The van der Waals surface area contributed by atoms with Crippen molar-refractivity contribution in [2.24, 2.45) is 0 Å². The summed E-state index contributed by atoms with van der Waals surface area (Å²) in [5.41, 5.74) is 0. The first-order chi connectivity index (χ1) is 3.46. The first-order valence-corrected chi connectivity index (χ1v) is 1.82. The molecule has 5 nitrogen and oxygen atoms in total. The van der Waals surface area contributed by atoms with Gasteiger partial charge in [-0.2, -0.15) is 0 Å². The van der Waals surface area contributed by atoms with Gasteiger partial charge in [-0.3, -0.25) is 0 Å². The van der Waals surface area contributed by atoms with Gasteiger partial charge < -0.3 is 25.3 Å². The molecule has 0 aliphatic rings. The maximum absolute atomic E-state index is 8.89. The molecule has 0 heterocycles. The summed E-state index contributed by atoms with van der Waals surface area (Å²) in [6.07, 6.45) is 0. The Kier molecular flexibility index (Phi) is 35.9. The summed E-state index contributed by atoms with van der Waals surface area (Å²) in [6.45, 7) is 1.94. The van der Waals surface area contributed by atoms with Crippen molar-refractivity contribution in [1.29, 1.82) is 0 Å². The Morgan fingerprint density at radius 3 is 1.00 bits per heavy atom. The number of hydrogen-bond donors (Lipinski definition) is 0. The van der Waals surface area contributed by atoms with E-state index in [4.69, 9.17) is 19.8 Å². The van der Waals surface area contributed by atoms with Crippen molar-refractivity contribution in [3.8, 4) is 0 Å². The molecule has 0 aromatic heterocycles. The van der Waals surface area contributed by atoms with Crippen LogP contribution in [-0.2, 0) is 26.4 Å². The van der Waals surface area contributed by atoms with Crippen molar-refractivity contribution in [3.63, 3.8) is 0 Å². The minimum absolute atomic E-state index is 0. The van der Waals surface area contributed by atoms with Gasteiger partial charge in [0.15, 0.2) is 0 Å². The first-order valence-electron chi connectivity index (χ1n) is 1.82. The molecule has 0 unspecified atom stereocenters. The van der Waals surface area contributed by atoms with Crippen LogP contribution in [0.15, 0.2) is 0 Å². The molecule has 2 N–H and O–H groups in total. The molecule has 6 heteroatoms. The van der Waals surface area contributed by atoms with Gasteiger partial charge in [-0.15, -0.1) is 0 Å². The summed E-state index contributed by atoms with van der Waals surface area (Å²) in [5, 5.41) is 17.8. The largest absolute Gasteiger partial charge is 2.00 e. The quantitative estimate of drug-likeness (QED) is 0.402. The SMILES string of the molecule is CC(=O)[O-].CC(=O)[O-].O.[Co+2]. The number of rotatable bonds is 0. The molecule has 0 amide bonds. The monoisotopic (exact) mass is 195 g/mol. The van der Waals surface area contributed by atoms with Crippen molar-refractivity contribution >= 4 is 11.9 Å². The zero-order valence-corrected chi connectivity index (χ0v) is 6.51. The minimum Gasteiger partial charge on any atom is -0.550 e. The average molecular weight is 195 g/mol. The normalized spacial score (nSPS) is 5.00. The number of carboxylic acids is 2. The molecule has 10 heavy (non-hydrogen) atoms. The van der Waals surface area contributed by atoms with Crippen LogP contribution in [0.4, 0.5) is 0 Å². The van der Waals surface area contributed by atoms with Crippen molar-refractivity contribution in [3.05, 3.63) is 0 Å². The van der Waals surface area contributed by atoms with E-state index in [-0.39, 0.29) is 22.3 Å². The van der Waals surface area contributed by atoms with Gasteiger partial charge in [-0.1, -0.05) is 0 Å². The van der Waals surface area contributed by atoms with E-state index >= 15 is 0 Å². The summed E-state index contributed by atoms with van der Waals surface area (Å²) in [6, 6.07) is 0. The van der Waals surface area contributed by atoms with Crippen LogP contribution in [0, 0.1) is 0 Å². The van der Waals surface area contributed by atoms with E-state index in [0.717, 1.165) is 13.8 Å². The van der Waals surface area contributed by atoms with E-state index in [1.54, 1.807) is 0 Å². The smallest absolute Gasteiger partial charge is 0.550 e. The van der Waals surface area contributed by atoms with Crippen LogP contribution < -0.4 is 10.2 Å². The van der Waals surface area contributed by atoms with Gasteiger partial charge in [-0.05, 0) is 13.8 Å². The van der Waals surface area contributed by atoms with Gasteiger partial charge in [0.1, 0.15) is 0 Å². The Labute approximate surface area is 68.6 Å². The van der Waals surface area contributed by atoms with Crippen LogP contribution in [0.25, 0.3) is 0 Å². The molecular weight excluding hydrogens is 187 g/mol. The third-order valence-electron chi connectivity index (χ3n) is 0. The second-order valence-electron chi connectivity index (χ2n) is 0.983. The summed E-state index contributed by atoms with van der Waals surface area (Å²) in [7, 11) is 0. The maximum Gasteiger partial charge on any atom is 2.00 e. The fraction of sp³-hybridized carbons (Fsp3) is 0.500. The Morgan fingerprint density at radius 2 is 1.00 bits per heavy atom. The fourth-order valence-corrected chi connectivity index (χ4v) is 0. The number of carbonyl (C=O) groups excluding carboxylic acids is 2. The summed E-state index contributed by atoms with van der Waals surface area (Å²) in [4.78, 5) is 17.8. The van der Waals surface area contributed by atoms with E-state index in [1.165, 1.54) is 0 Å². The van der Waals surface area contributed by atoms with E-state index < -0.39 is 11.9 Å². The zero-order valence-electron chi connectivity index (χ0n) is 5.47. The van der Waals surface area contributed by atoms with Crippen LogP contribution in [0.2, 0.25) is 0 Å². The van der Waals surface area contributed by atoms with E-state index in [2.05, 4.69) is 0 Å². The average Bonchev–Trinajstić information content (AvgIpc) is 1.25. The molecular formula is C4H8CoO5. The molecule has 0 aliphatic heterocycles. The first kappa shape index (κ1) is 22.7. The Bertz CT molecular complexity index is 71.6. The Hall–Kier alpha value is -0.594. The molecule has 0 fully saturated rings. The predicted molar refractivity (Wildman–Crippen MR) is 25.0 cm³/mol. The minimum atomic E-state index is -1.08. The molecule has 0 aliphatic carbocycles. The van der Waals surface area contributed by atoms with Gasteiger partial charge in [0.25, 0.3) is 0 Å². The van der Waals surface area contributed by atoms with E-state index in [0.29, 0.717) is 0 Å². The molecule has 0 saturated heterocycles. The Balaban J connectivity index is -0.0000000300. The van der Waals surface area contributed by atoms with Crippen molar-refractivity contribution < 1.29 is 42.1 Å². The van der Waals surface area contributed by atoms with Crippen LogP contribution in [-0.4, -0.2) is 17.4 Å². The number of hydrogen-bond acceptors (Lipinski definition) is 4. The van der Waals surface area contributed by atoms with Crippen molar-refractivity contribution in [2.75, 3.05) is 0 Å². The summed E-state index contributed by atoms with van der Waals surface area (Å²) in [5.74, 6) is -2.17. The molecule has 1 radical (unpaired) electrons. The summed E-state index contributed by atoms with van der Waals surface area (Å²) >= 11 is 0. The molecule has 0 spiro atoms. The molecule has 0 saturated carbocycles. The number of aliphatic carboxylic acids is 2. The second kappa shape index (κ2) is 15.8. The number of carbonyl (C=O) groups is 2. The summed E-state index contributed by atoms with van der Waals surface area (Å²) < 4.78 is 0. The van der Waals surface area contributed by atoms with Crippen LogP contribution in [0.5, 0.6) is 0 Å². The molecule has 0 aromatic carbocycles. The maximum atomic E-state index is 8.89. The molecule has 0 bridgehead atoms. The topological polar surface area (TPSA) is 112 Å². The molecule has 0 rings (SSSR count). The van der Waals surface area contributed by atoms with Crippen molar-refractivity contribution in [1.82, 2.24) is 0 Å². The van der Waals surface area contributed by atoms with E-state index in [9.17, 15) is 0 Å². The van der Waals surface area contributed by atoms with Gasteiger partial charge in [0.05, 0.1) is 0 Å². The Morgan fingerprint density at radius 1 is 1.00 bits per heavy atom. The van der Waals surface area contributed by atoms with Crippen LogP contribution in [0.3, 0.4) is 0 Å². The van der Waals surface area contributed by atoms with Gasteiger partial charge in [0, 0.05) is 11.9 Å². The van der Waals surface area contributed by atoms with Crippen molar-refractivity contribution in [2.45, 2.75) is 13.8 Å². The molecule has 63 valence electrons. The van der Waals surface area contributed by atoms with E-state index in [1.807, 2.05) is 0 Å². The van der Waals surface area contributed by atoms with Gasteiger partial charge in [-0.25, -0.2) is 0 Å².